The predicted molar refractivity (Wildman–Crippen MR) is 73.9 cm³/mol. The number of carbonyl (C=O) groups excluding carboxylic acids is 2. The van der Waals surface area contributed by atoms with E-state index in [1.54, 1.807) is 18.2 Å². The van der Waals surface area contributed by atoms with Gasteiger partial charge in [0.25, 0.3) is 0 Å². The van der Waals surface area contributed by atoms with Gasteiger partial charge in [0.05, 0.1) is 11.9 Å². The van der Waals surface area contributed by atoms with Crippen molar-refractivity contribution in [3.63, 3.8) is 0 Å². The summed E-state index contributed by atoms with van der Waals surface area (Å²) in [6, 6.07) is 12.5. The molecule has 0 bridgehead atoms. The number of rotatable bonds is 2. The summed E-state index contributed by atoms with van der Waals surface area (Å²) in [5, 5.41) is 21.8. The zero-order valence-corrected chi connectivity index (χ0v) is 13.3. The molecule has 0 unspecified atom stereocenters. The molecule has 0 aliphatic heterocycles. The van der Waals surface area contributed by atoms with Crippen molar-refractivity contribution in [2.45, 2.75) is 6.92 Å². The first-order chi connectivity index (χ1) is 8.93. The molecule has 5 heteroatoms. The van der Waals surface area contributed by atoms with Crippen LogP contribution < -0.4 is 10.2 Å². The fourth-order valence-electron chi connectivity index (χ4n) is 1.40. The van der Waals surface area contributed by atoms with Gasteiger partial charge in [-0.1, -0.05) is 49.0 Å². The summed E-state index contributed by atoms with van der Waals surface area (Å²) in [6.45, 7) is 4.48. The van der Waals surface area contributed by atoms with Gasteiger partial charge in [0.2, 0.25) is 0 Å². The fourth-order valence-corrected chi connectivity index (χ4v) is 1.40. The Morgan fingerprint density at radius 1 is 1.00 bits per heavy atom. The Bertz CT molecular complexity index is 617. The quantitative estimate of drug-likeness (QED) is 0.583. The molecule has 0 N–H and O–H groups in total. The SMILES string of the molecule is C=C(C)C(=O)[O-].O=C([O-])c1cccc2ccccc12.[Ca+2]. The first-order valence-corrected chi connectivity index (χ1v) is 5.49. The number of carbonyl (C=O) groups is 2. The minimum absolute atomic E-state index is 0. The number of hydrogen-bond acceptors (Lipinski definition) is 4. The van der Waals surface area contributed by atoms with E-state index in [4.69, 9.17) is 0 Å². The average Bonchev–Trinajstić information content (AvgIpc) is 2.38. The van der Waals surface area contributed by atoms with Gasteiger partial charge in [-0.3, -0.25) is 0 Å². The van der Waals surface area contributed by atoms with E-state index in [-0.39, 0.29) is 48.9 Å². The molecule has 2 rings (SSSR count). The number of aliphatic carboxylic acids is 1. The molecule has 98 valence electrons. The van der Waals surface area contributed by atoms with Crippen LogP contribution >= 0.6 is 0 Å². The van der Waals surface area contributed by atoms with Gasteiger partial charge in [-0.2, -0.15) is 0 Å². The van der Waals surface area contributed by atoms with Gasteiger partial charge in [0, 0.05) is 5.56 Å². The fraction of sp³-hybridized carbons (Fsp3) is 0.0667. The number of carboxylic acid groups (broad SMARTS) is 2. The van der Waals surface area contributed by atoms with E-state index < -0.39 is 11.9 Å². The molecule has 0 amide bonds. The first-order valence-electron chi connectivity index (χ1n) is 5.49. The van der Waals surface area contributed by atoms with Crippen LogP contribution in [-0.4, -0.2) is 49.7 Å². The molecule has 0 aliphatic carbocycles. The van der Waals surface area contributed by atoms with Crippen LogP contribution in [0.4, 0.5) is 0 Å². The molecule has 4 nitrogen and oxygen atoms in total. The van der Waals surface area contributed by atoms with Crippen LogP contribution in [0, 0.1) is 0 Å². The molecule has 0 saturated heterocycles. The smallest absolute Gasteiger partial charge is 0.545 e. The Morgan fingerprint density at radius 2 is 1.50 bits per heavy atom. The number of aromatic carboxylic acids is 1. The van der Waals surface area contributed by atoms with Gasteiger partial charge in [-0.15, -0.1) is 0 Å². The number of hydrogen-bond donors (Lipinski definition) is 0. The number of carboxylic acids is 2. The van der Waals surface area contributed by atoms with Gasteiger partial charge in [0.1, 0.15) is 0 Å². The number of fused-ring (bicyclic) bond motifs is 1. The van der Waals surface area contributed by atoms with Crippen molar-refractivity contribution in [1.82, 2.24) is 0 Å². The van der Waals surface area contributed by atoms with Crippen LogP contribution in [0.15, 0.2) is 54.6 Å². The first kappa shape index (κ1) is 18.6. The van der Waals surface area contributed by atoms with Crippen molar-refractivity contribution in [2.75, 3.05) is 0 Å². The summed E-state index contributed by atoms with van der Waals surface area (Å²) in [6.07, 6.45) is 0. The van der Waals surface area contributed by atoms with Crippen molar-refractivity contribution < 1.29 is 19.8 Å². The van der Waals surface area contributed by atoms with Crippen LogP contribution in [-0.2, 0) is 4.79 Å². The summed E-state index contributed by atoms with van der Waals surface area (Å²) in [4.78, 5) is 20.2. The maximum Gasteiger partial charge on any atom is 2.00 e. The van der Waals surface area contributed by atoms with Gasteiger partial charge >= 0.3 is 37.7 Å². The molecular formula is C15H12CaO4. The van der Waals surface area contributed by atoms with Crippen molar-refractivity contribution in [1.29, 1.82) is 0 Å². The van der Waals surface area contributed by atoms with E-state index in [0.717, 1.165) is 10.8 Å². The predicted octanol–water partition coefficient (Wildman–Crippen LogP) is 0.135. The van der Waals surface area contributed by atoms with Crippen LogP contribution in [0.2, 0.25) is 0 Å². The summed E-state index contributed by atoms with van der Waals surface area (Å²) < 4.78 is 0. The Kier molecular flexibility index (Phi) is 8.15. The van der Waals surface area contributed by atoms with Crippen LogP contribution in [0.1, 0.15) is 17.3 Å². The van der Waals surface area contributed by atoms with E-state index in [9.17, 15) is 19.8 Å². The minimum atomic E-state index is -1.19. The van der Waals surface area contributed by atoms with Crippen LogP contribution in [0.25, 0.3) is 10.8 Å². The number of benzene rings is 2. The van der Waals surface area contributed by atoms with Crippen LogP contribution in [0.5, 0.6) is 0 Å². The zero-order chi connectivity index (χ0) is 14.4. The Hall–Kier alpha value is -1.36. The second kappa shape index (κ2) is 8.74. The molecule has 0 fully saturated rings. The Labute approximate surface area is 146 Å². The van der Waals surface area contributed by atoms with Crippen molar-refractivity contribution in [3.05, 3.63) is 60.2 Å². The summed E-state index contributed by atoms with van der Waals surface area (Å²) in [5.74, 6) is -2.31. The summed E-state index contributed by atoms with van der Waals surface area (Å²) >= 11 is 0. The molecule has 0 spiro atoms. The maximum atomic E-state index is 10.7. The Morgan fingerprint density at radius 3 is 2.00 bits per heavy atom. The molecule has 2 aromatic carbocycles. The van der Waals surface area contributed by atoms with Gasteiger partial charge in [-0.05, 0) is 23.3 Å². The second-order valence-electron chi connectivity index (χ2n) is 3.88. The van der Waals surface area contributed by atoms with Gasteiger partial charge in [-0.25, -0.2) is 0 Å². The van der Waals surface area contributed by atoms with E-state index in [0.29, 0.717) is 0 Å². The van der Waals surface area contributed by atoms with Crippen LogP contribution in [0.3, 0.4) is 0 Å². The van der Waals surface area contributed by atoms with Crippen molar-refractivity contribution >= 4 is 60.4 Å². The average molecular weight is 296 g/mol. The minimum Gasteiger partial charge on any atom is -0.545 e. The van der Waals surface area contributed by atoms with E-state index in [1.165, 1.54) is 6.92 Å². The monoisotopic (exact) mass is 296 g/mol. The summed E-state index contributed by atoms with van der Waals surface area (Å²) in [7, 11) is 0. The normalized spacial score (nSPS) is 8.85. The van der Waals surface area contributed by atoms with Crippen molar-refractivity contribution in [2.24, 2.45) is 0 Å². The molecule has 0 radical (unpaired) electrons. The third-order valence-corrected chi connectivity index (χ3v) is 2.36. The molecule has 20 heavy (non-hydrogen) atoms. The molecule has 0 saturated carbocycles. The zero-order valence-electron chi connectivity index (χ0n) is 11.1. The molecule has 0 atom stereocenters. The molecule has 0 aromatic heterocycles. The molecular weight excluding hydrogens is 284 g/mol. The van der Waals surface area contributed by atoms with Gasteiger partial charge < -0.3 is 19.8 Å². The second-order valence-corrected chi connectivity index (χ2v) is 3.88. The topological polar surface area (TPSA) is 80.3 Å². The van der Waals surface area contributed by atoms with E-state index in [2.05, 4.69) is 6.58 Å². The molecule has 0 heterocycles. The summed E-state index contributed by atoms with van der Waals surface area (Å²) in [5.41, 5.74) is 0.313. The third-order valence-electron chi connectivity index (χ3n) is 2.36. The molecule has 2 aromatic rings. The Balaban J connectivity index is 0.000000448. The van der Waals surface area contributed by atoms with E-state index >= 15 is 0 Å². The van der Waals surface area contributed by atoms with Crippen molar-refractivity contribution in [3.8, 4) is 0 Å². The van der Waals surface area contributed by atoms with Gasteiger partial charge in [0.15, 0.2) is 0 Å². The molecule has 0 aliphatic rings. The standard InChI is InChI=1S/C11H8O2.C4H6O2.Ca/c12-11(13)10-7-3-5-8-4-1-2-6-9(8)10;1-3(2)4(5)6;/h1-7H,(H,12,13);1H2,2H3,(H,5,6);/q;;+2/p-2. The third kappa shape index (κ3) is 5.33. The maximum absolute atomic E-state index is 10.7. The van der Waals surface area contributed by atoms with E-state index in [1.807, 2.05) is 24.3 Å². The largest absolute Gasteiger partial charge is 2.00 e.